The first-order valence-corrected chi connectivity index (χ1v) is 14.8. The van der Waals surface area contributed by atoms with E-state index in [1.165, 1.54) is 0 Å². The fourth-order valence-electron chi connectivity index (χ4n) is 6.57. The Hall–Kier alpha value is -2.68. The number of esters is 1. The number of hydrogen-bond acceptors (Lipinski definition) is 6. The number of aliphatic hydroxyl groups is 1. The molecule has 3 fully saturated rings. The number of aliphatic hydroxyl groups excluding tert-OH is 1. The zero-order chi connectivity index (χ0) is 28.7. The lowest BCUT2D eigenvalue weighted by Crippen LogP contribution is -2.56. The van der Waals surface area contributed by atoms with Gasteiger partial charge < -0.3 is 24.4 Å². The number of amides is 2. The van der Waals surface area contributed by atoms with Gasteiger partial charge in [0.2, 0.25) is 5.91 Å². The number of carbonyl (C=O) groups excluding carboxylic acids is 3. The van der Waals surface area contributed by atoms with Gasteiger partial charge in [0.05, 0.1) is 24.5 Å². The van der Waals surface area contributed by atoms with Gasteiger partial charge in [-0.05, 0) is 69.2 Å². The van der Waals surface area contributed by atoms with E-state index in [-0.39, 0.29) is 31.6 Å². The average Bonchev–Trinajstić information content (AvgIpc) is 3.59. The molecule has 1 aromatic carbocycles. The highest BCUT2D eigenvalue weighted by molar-refractivity contribution is 6.30. The van der Waals surface area contributed by atoms with Gasteiger partial charge in [-0.15, -0.1) is 13.2 Å². The lowest BCUT2D eigenvalue weighted by molar-refractivity contribution is -0.155. The van der Waals surface area contributed by atoms with Crippen LogP contribution in [0.2, 0.25) is 5.02 Å². The minimum Gasteiger partial charge on any atom is -0.465 e. The zero-order valence-corrected chi connectivity index (χ0v) is 23.9. The third-order valence-corrected chi connectivity index (χ3v) is 8.63. The highest BCUT2D eigenvalue weighted by Crippen LogP contribution is 2.59. The number of hydrogen-bond donors (Lipinski definition) is 1. The summed E-state index contributed by atoms with van der Waals surface area (Å²) < 4.78 is 12.2. The third-order valence-electron chi connectivity index (χ3n) is 8.38. The maximum atomic E-state index is 14.4. The summed E-state index contributed by atoms with van der Waals surface area (Å²) in [6, 6.07) is 6.12. The van der Waals surface area contributed by atoms with Crippen molar-refractivity contribution in [3.63, 3.8) is 0 Å². The van der Waals surface area contributed by atoms with Crippen LogP contribution in [0, 0.1) is 11.8 Å². The summed E-state index contributed by atoms with van der Waals surface area (Å²) in [6.45, 7) is 8.58. The fraction of sp³-hybridized carbons (Fsp3) is 0.581. The van der Waals surface area contributed by atoms with Crippen LogP contribution in [0.15, 0.2) is 49.6 Å². The molecule has 40 heavy (non-hydrogen) atoms. The van der Waals surface area contributed by atoms with Crippen molar-refractivity contribution < 1.29 is 29.0 Å². The van der Waals surface area contributed by atoms with Gasteiger partial charge in [-0.3, -0.25) is 14.4 Å². The lowest BCUT2D eigenvalue weighted by atomic mass is 9.70. The Morgan fingerprint density at radius 3 is 2.58 bits per heavy atom. The van der Waals surface area contributed by atoms with Crippen molar-refractivity contribution in [2.45, 2.75) is 75.5 Å². The number of likely N-dealkylation sites (tertiary alicyclic amines) is 1. The molecule has 3 aliphatic heterocycles. The van der Waals surface area contributed by atoms with Crippen molar-refractivity contribution in [3.05, 3.63) is 54.6 Å². The fourth-order valence-corrected chi connectivity index (χ4v) is 6.69. The van der Waals surface area contributed by atoms with Crippen LogP contribution in [-0.4, -0.2) is 71.8 Å². The van der Waals surface area contributed by atoms with Gasteiger partial charge in [-0.2, -0.15) is 0 Å². The number of unbranched alkanes of at least 4 members (excludes halogenated alkanes) is 5. The van der Waals surface area contributed by atoms with Crippen molar-refractivity contribution >= 4 is 35.1 Å². The maximum Gasteiger partial charge on any atom is 0.312 e. The summed E-state index contributed by atoms with van der Waals surface area (Å²) >= 11 is 6.11. The molecule has 3 heterocycles. The Balaban J connectivity index is 1.62. The first-order chi connectivity index (χ1) is 19.4. The molecule has 218 valence electrons. The topological polar surface area (TPSA) is 96.4 Å². The molecule has 5 atom stereocenters. The Bertz CT molecular complexity index is 1080. The number of anilines is 1. The Morgan fingerprint density at radius 2 is 1.88 bits per heavy atom. The Morgan fingerprint density at radius 1 is 1.12 bits per heavy atom. The van der Waals surface area contributed by atoms with Gasteiger partial charge in [0.1, 0.15) is 11.6 Å². The van der Waals surface area contributed by atoms with E-state index in [9.17, 15) is 14.4 Å². The Labute approximate surface area is 241 Å². The highest BCUT2D eigenvalue weighted by Gasteiger charge is 2.75. The number of carbonyl (C=O) groups is 3. The molecule has 0 saturated carbocycles. The molecule has 4 rings (SSSR count). The van der Waals surface area contributed by atoms with Gasteiger partial charge in [0, 0.05) is 30.4 Å². The molecule has 8 nitrogen and oxygen atoms in total. The molecule has 1 spiro atoms. The third kappa shape index (κ3) is 5.99. The number of benzene rings is 1. The largest absolute Gasteiger partial charge is 0.465 e. The van der Waals surface area contributed by atoms with Gasteiger partial charge >= 0.3 is 5.97 Å². The Kier molecular flexibility index (Phi) is 10.4. The van der Waals surface area contributed by atoms with Crippen molar-refractivity contribution in [2.24, 2.45) is 11.8 Å². The number of rotatable bonds is 16. The normalized spacial score (nSPS) is 26.6. The zero-order valence-electron chi connectivity index (χ0n) is 23.1. The predicted molar refractivity (Wildman–Crippen MR) is 154 cm³/mol. The highest BCUT2D eigenvalue weighted by atomic mass is 35.5. The number of fused-ring (bicyclic) bond motifs is 1. The summed E-state index contributed by atoms with van der Waals surface area (Å²) in [4.78, 5) is 45.0. The standard InChI is InChI=1S/C31H41ClN2O6/c1-3-5-6-11-21-39-30(38)25-24-16-17-31(40-24)26(25)28(36)34(19-9-7-8-10-20-35)27(31)29(37)33(18-4-2)23-14-12-22(32)13-15-23/h3-4,12-15,24-27,35H,1-2,5-11,16-21H2/t24-,25+,26-,27?,31?/m0/s1. The van der Waals surface area contributed by atoms with Crippen LogP contribution < -0.4 is 4.90 Å². The van der Waals surface area contributed by atoms with Crippen molar-refractivity contribution in [3.8, 4) is 0 Å². The SMILES string of the molecule is C=CCCCCOC(=O)[C@@H]1[C@@H]2CCC3(O2)C(C(=O)N(CC=C)c2ccc(Cl)cc2)N(CCCCCCO)C(=O)[C@H]13. The maximum absolute atomic E-state index is 14.4. The van der Waals surface area contributed by atoms with Crippen LogP contribution in [0.5, 0.6) is 0 Å². The molecule has 2 unspecified atom stereocenters. The molecule has 9 heteroatoms. The molecule has 2 bridgehead atoms. The number of nitrogens with zero attached hydrogens (tertiary/aromatic N) is 2. The molecule has 1 N–H and O–H groups in total. The smallest absolute Gasteiger partial charge is 0.312 e. The molecule has 3 saturated heterocycles. The number of halogens is 1. The summed E-state index contributed by atoms with van der Waals surface area (Å²) in [5, 5.41) is 9.69. The number of allylic oxidation sites excluding steroid dienone is 1. The van der Waals surface area contributed by atoms with E-state index in [2.05, 4.69) is 13.2 Å². The summed E-state index contributed by atoms with van der Waals surface area (Å²) in [5.41, 5.74) is -0.435. The monoisotopic (exact) mass is 572 g/mol. The van der Waals surface area contributed by atoms with E-state index in [1.807, 2.05) is 6.08 Å². The summed E-state index contributed by atoms with van der Waals surface area (Å²) in [5.74, 6) is -2.37. The quantitative estimate of drug-likeness (QED) is 0.175. The van der Waals surface area contributed by atoms with Crippen molar-refractivity contribution in [1.82, 2.24) is 4.90 Å². The lowest BCUT2D eigenvalue weighted by Gasteiger charge is -2.36. The van der Waals surface area contributed by atoms with Crippen molar-refractivity contribution in [2.75, 3.05) is 31.2 Å². The molecular formula is C31H41ClN2O6. The number of ether oxygens (including phenoxy) is 2. The van der Waals surface area contributed by atoms with Crippen LogP contribution in [-0.2, 0) is 23.9 Å². The summed E-state index contributed by atoms with van der Waals surface area (Å²) in [6.07, 6.45) is 9.63. The molecule has 2 amide bonds. The second-order valence-corrected chi connectivity index (χ2v) is 11.3. The second kappa shape index (κ2) is 13.8. The van der Waals surface area contributed by atoms with E-state index in [0.29, 0.717) is 42.9 Å². The molecule has 1 aromatic rings. The molecule has 0 aromatic heterocycles. The molecule has 0 aliphatic carbocycles. The molecular weight excluding hydrogens is 532 g/mol. The van der Waals surface area contributed by atoms with E-state index < -0.39 is 35.6 Å². The first kappa shape index (κ1) is 30.3. The minimum absolute atomic E-state index is 0.124. The van der Waals surface area contributed by atoms with Crippen LogP contribution in [0.4, 0.5) is 5.69 Å². The van der Waals surface area contributed by atoms with Crippen LogP contribution in [0.25, 0.3) is 0 Å². The van der Waals surface area contributed by atoms with E-state index in [0.717, 1.165) is 32.1 Å². The van der Waals surface area contributed by atoms with Gasteiger partial charge in [-0.25, -0.2) is 0 Å². The van der Waals surface area contributed by atoms with Gasteiger partial charge in [0.15, 0.2) is 0 Å². The van der Waals surface area contributed by atoms with E-state index >= 15 is 0 Å². The average molecular weight is 573 g/mol. The van der Waals surface area contributed by atoms with Gasteiger partial charge in [0.25, 0.3) is 5.91 Å². The minimum atomic E-state index is -1.08. The molecule has 0 radical (unpaired) electrons. The molecule has 3 aliphatic rings. The first-order valence-electron chi connectivity index (χ1n) is 14.4. The van der Waals surface area contributed by atoms with Crippen LogP contribution >= 0.6 is 11.6 Å². The van der Waals surface area contributed by atoms with Gasteiger partial charge in [-0.1, -0.05) is 36.6 Å². The van der Waals surface area contributed by atoms with Crippen LogP contribution in [0.1, 0.15) is 57.8 Å². The second-order valence-electron chi connectivity index (χ2n) is 10.9. The van der Waals surface area contributed by atoms with Crippen LogP contribution in [0.3, 0.4) is 0 Å². The summed E-state index contributed by atoms with van der Waals surface area (Å²) in [7, 11) is 0. The van der Waals surface area contributed by atoms with E-state index in [1.54, 1.807) is 40.1 Å². The van der Waals surface area contributed by atoms with E-state index in [4.69, 9.17) is 26.2 Å². The predicted octanol–water partition coefficient (Wildman–Crippen LogP) is 4.69. The van der Waals surface area contributed by atoms with Crippen molar-refractivity contribution in [1.29, 1.82) is 0 Å².